The van der Waals surface area contributed by atoms with Gasteiger partial charge in [-0.05, 0) is 30.5 Å². The molecule has 5 amide bonds. The average Bonchev–Trinajstić information content (AvgIpc) is 2.85. The minimum atomic E-state index is -1.41. The highest BCUT2D eigenvalue weighted by atomic mass is 16.4. The predicted molar refractivity (Wildman–Crippen MR) is 130 cm³/mol. The second-order valence-electron chi connectivity index (χ2n) is 8.11. The molecular formula is C22H30N8O7. The number of hydrogen-bond acceptors (Lipinski definition) is 7. The number of carboxylic acids is 1. The number of carbonyl (C=O) groups is 6. The van der Waals surface area contributed by atoms with Crippen molar-refractivity contribution < 1.29 is 33.9 Å². The van der Waals surface area contributed by atoms with Crippen molar-refractivity contribution in [1.29, 1.82) is 0 Å². The van der Waals surface area contributed by atoms with E-state index in [1.54, 1.807) is 12.1 Å². The van der Waals surface area contributed by atoms with Gasteiger partial charge in [-0.15, -0.1) is 0 Å². The summed E-state index contributed by atoms with van der Waals surface area (Å²) in [6.07, 6.45) is -0.282. The Morgan fingerprint density at radius 2 is 1.54 bits per heavy atom. The van der Waals surface area contributed by atoms with Crippen LogP contribution in [0.5, 0.6) is 0 Å². The standard InChI is InChI=1S/C22H30N8O7/c23-22(24)25-6-2-5-14-20(36)28-11-17(32)30-15(8-18(33)34)21(37)26-9-12-3-1-4-13(7-12)19(35)27-10-16(31)29-14/h1,3-4,7,14-15H,2,5-6,8-11H2,(H,26,37)(H,27,35)(H,28,36)(H,29,31)(H,30,32)(H,33,34)(H4,23,24,25)/t14-,15-/m0/s1. The van der Waals surface area contributed by atoms with E-state index in [1.165, 1.54) is 12.1 Å². The first-order valence-corrected chi connectivity index (χ1v) is 11.3. The van der Waals surface area contributed by atoms with Crippen LogP contribution in [0.15, 0.2) is 29.3 Å². The van der Waals surface area contributed by atoms with Crippen molar-refractivity contribution in [3.8, 4) is 0 Å². The number of benzene rings is 1. The highest BCUT2D eigenvalue weighted by Gasteiger charge is 2.25. The van der Waals surface area contributed by atoms with Gasteiger partial charge >= 0.3 is 5.97 Å². The van der Waals surface area contributed by atoms with E-state index in [2.05, 4.69) is 31.6 Å². The smallest absolute Gasteiger partial charge is 0.305 e. The van der Waals surface area contributed by atoms with E-state index in [4.69, 9.17) is 16.6 Å². The summed E-state index contributed by atoms with van der Waals surface area (Å²) in [6, 6.07) is 3.69. The molecule has 1 aliphatic rings. The maximum Gasteiger partial charge on any atom is 0.305 e. The van der Waals surface area contributed by atoms with Crippen LogP contribution in [0.25, 0.3) is 0 Å². The normalized spacial score (nSPS) is 19.6. The van der Waals surface area contributed by atoms with E-state index in [0.717, 1.165) is 0 Å². The summed E-state index contributed by atoms with van der Waals surface area (Å²) in [4.78, 5) is 77.6. The molecule has 1 aromatic rings. The monoisotopic (exact) mass is 518 g/mol. The fraction of sp³-hybridized carbons (Fsp3) is 0.409. The number of rotatable bonds is 6. The molecule has 0 aliphatic carbocycles. The summed E-state index contributed by atoms with van der Waals surface area (Å²) in [5, 5.41) is 21.2. The molecule has 2 atom stereocenters. The van der Waals surface area contributed by atoms with Crippen LogP contribution < -0.4 is 38.1 Å². The van der Waals surface area contributed by atoms with Crippen LogP contribution in [0.1, 0.15) is 35.2 Å². The van der Waals surface area contributed by atoms with Gasteiger partial charge in [-0.25, -0.2) is 0 Å². The van der Waals surface area contributed by atoms with Crippen molar-refractivity contribution in [1.82, 2.24) is 26.6 Å². The molecule has 2 bridgehead atoms. The lowest BCUT2D eigenvalue weighted by Gasteiger charge is -2.20. The molecule has 0 saturated carbocycles. The first-order valence-electron chi connectivity index (χ1n) is 11.3. The molecule has 200 valence electrons. The van der Waals surface area contributed by atoms with Crippen LogP contribution in [0.2, 0.25) is 0 Å². The fourth-order valence-electron chi connectivity index (χ4n) is 3.34. The Hall–Kier alpha value is -4.69. The Labute approximate surface area is 211 Å². The number of amides is 5. The molecule has 37 heavy (non-hydrogen) atoms. The zero-order chi connectivity index (χ0) is 27.4. The van der Waals surface area contributed by atoms with Crippen LogP contribution in [-0.4, -0.2) is 78.3 Å². The molecule has 10 N–H and O–H groups in total. The number of guanidine groups is 1. The summed E-state index contributed by atoms with van der Waals surface area (Å²) in [7, 11) is 0. The van der Waals surface area contributed by atoms with Crippen LogP contribution in [0.3, 0.4) is 0 Å². The Morgan fingerprint density at radius 3 is 2.22 bits per heavy atom. The molecule has 0 aromatic heterocycles. The molecule has 0 fully saturated rings. The molecule has 0 radical (unpaired) electrons. The first-order chi connectivity index (χ1) is 17.5. The molecule has 0 spiro atoms. The molecule has 1 aliphatic heterocycles. The van der Waals surface area contributed by atoms with Crippen LogP contribution in [0, 0.1) is 0 Å². The fourth-order valence-corrected chi connectivity index (χ4v) is 3.34. The minimum absolute atomic E-state index is 0.0509. The Balaban J connectivity index is 2.24. The topological polar surface area (TPSA) is 247 Å². The second kappa shape index (κ2) is 14.0. The predicted octanol–water partition coefficient (Wildman–Crippen LogP) is -3.34. The third-order valence-corrected chi connectivity index (χ3v) is 5.12. The Kier molecular flexibility index (Phi) is 10.8. The molecular weight excluding hydrogens is 488 g/mol. The summed E-state index contributed by atoms with van der Waals surface area (Å²) in [5.74, 6) is -4.96. The van der Waals surface area contributed by atoms with Gasteiger partial charge in [0.25, 0.3) is 5.91 Å². The van der Waals surface area contributed by atoms with Gasteiger partial charge in [-0.2, -0.15) is 0 Å². The zero-order valence-corrected chi connectivity index (χ0v) is 19.9. The number of nitrogens with one attached hydrogen (secondary N) is 5. The first kappa shape index (κ1) is 28.5. The van der Waals surface area contributed by atoms with E-state index in [-0.39, 0.29) is 31.0 Å². The zero-order valence-electron chi connectivity index (χ0n) is 19.9. The average molecular weight is 519 g/mol. The summed E-state index contributed by atoms with van der Waals surface area (Å²) < 4.78 is 0. The van der Waals surface area contributed by atoms with Gasteiger partial charge in [0.2, 0.25) is 23.6 Å². The van der Waals surface area contributed by atoms with Gasteiger partial charge in [0.15, 0.2) is 5.96 Å². The van der Waals surface area contributed by atoms with E-state index >= 15 is 0 Å². The lowest BCUT2D eigenvalue weighted by molar-refractivity contribution is -0.140. The van der Waals surface area contributed by atoms with Crippen LogP contribution in [0.4, 0.5) is 0 Å². The van der Waals surface area contributed by atoms with Gasteiger partial charge in [-0.1, -0.05) is 12.1 Å². The van der Waals surface area contributed by atoms with Gasteiger partial charge in [0.1, 0.15) is 12.1 Å². The van der Waals surface area contributed by atoms with Crippen molar-refractivity contribution >= 4 is 41.5 Å². The van der Waals surface area contributed by atoms with Crippen molar-refractivity contribution in [2.45, 2.75) is 37.9 Å². The Morgan fingerprint density at radius 1 is 0.919 bits per heavy atom. The number of carbonyl (C=O) groups excluding carboxylic acids is 5. The Bertz CT molecular complexity index is 1070. The number of hydrogen-bond donors (Lipinski definition) is 8. The van der Waals surface area contributed by atoms with Gasteiger partial charge in [0.05, 0.1) is 19.5 Å². The SMILES string of the molecule is NC(N)=NCCC[C@@H]1NC(=O)CNC(=O)c2cccc(c2)CNC(=O)[C@H](CC(=O)O)NC(=O)CNC1=O. The van der Waals surface area contributed by atoms with Crippen molar-refractivity contribution in [2.24, 2.45) is 16.5 Å². The molecule has 15 heteroatoms. The number of fused-ring (bicyclic) bond motifs is 2. The molecule has 0 unspecified atom stereocenters. The maximum absolute atomic E-state index is 12.7. The van der Waals surface area contributed by atoms with Crippen molar-refractivity contribution in [2.75, 3.05) is 19.6 Å². The molecule has 1 heterocycles. The molecule has 2 rings (SSSR count). The van der Waals surface area contributed by atoms with E-state index < -0.39 is 67.1 Å². The lowest BCUT2D eigenvalue weighted by Crippen LogP contribution is -2.53. The van der Waals surface area contributed by atoms with Crippen molar-refractivity contribution in [3.05, 3.63) is 35.4 Å². The quantitative estimate of drug-likeness (QED) is 0.106. The lowest BCUT2D eigenvalue weighted by atomic mass is 10.1. The van der Waals surface area contributed by atoms with E-state index in [9.17, 15) is 28.8 Å². The number of nitrogens with two attached hydrogens (primary N) is 2. The largest absolute Gasteiger partial charge is 0.481 e. The van der Waals surface area contributed by atoms with E-state index in [1.807, 2.05) is 0 Å². The number of carboxylic acid groups (broad SMARTS) is 1. The second-order valence-corrected chi connectivity index (χ2v) is 8.11. The van der Waals surface area contributed by atoms with Crippen molar-refractivity contribution in [3.63, 3.8) is 0 Å². The minimum Gasteiger partial charge on any atom is -0.481 e. The molecule has 15 nitrogen and oxygen atoms in total. The van der Waals surface area contributed by atoms with Crippen LogP contribution in [-0.2, 0) is 30.5 Å². The van der Waals surface area contributed by atoms with E-state index in [0.29, 0.717) is 12.0 Å². The highest BCUT2D eigenvalue weighted by Crippen LogP contribution is 2.06. The maximum atomic E-state index is 12.7. The van der Waals surface area contributed by atoms with Gasteiger partial charge in [0, 0.05) is 18.7 Å². The molecule has 0 saturated heterocycles. The van der Waals surface area contributed by atoms with Gasteiger partial charge < -0.3 is 43.2 Å². The molecule has 1 aromatic carbocycles. The third kappa shape index (κ3) is 10.2. The summed E-state index contributed by atoms with van der Waals surface area (Å²) in [5.41, 5.74) is 11.3. The van der Waals surface area contributed by atoms with Gasteiger partial charge in [-0.3, -0.25) is 33.8 Å². The number of nitrogens with zero attached hydrogens (tertiary/aromatic N) is 1. The highest BCUT2D eigenvalue weighted by molar-refractivity contribution is 5.98. The summed E-state index contributed by atoms with van der Waals surface area (Å²) in [6.45, 7) is -0.873. The summed E-state index contributed by atoms with van der Waals surface area (Å²) >= 11 is 0. The number of aliphatic imine (C=N–C) groups is 1. The van der Waals surface area contributed by atoms with Crippen LogP contribution >= 0.6 is 0 Å². The number of aliphatic carboxylic acids is 1. The third-order valence-electron chi connectivity index (χ3n) is 5.12.